The number of hydrogen-bond donors (Lipinski definition) is 0. The van der Waals surface area contributed by atoms with E-state index in [4.69, 9.17) is 4.74 Å². The SMILES string of the molecule is CC1(C)CCC2CC3CCCCC3OC2C1. The largest absolute Gasteiger partial charge is 0.374 e. The van der Waals surface area contributed by atoms with E-state index in [0.29, 0.717) is 17.6 Å². The molecule has 1 aliphatic heterocycles. The lowest BCUT2D eigenvalue weighted by molar-refractivity contribution is -0.156. The standard InChI is InChI=1S/C15H26O/c1-15(2)8-7-12-9-11-5-3-4-6-13(11)16-14(12)10-15/h11-14H,3-10H2,1-2H3. The van der Waals surface area contributed by atoms with Gasteiger partial charge >= 0.3 is 0 Å². The number of rotatable bonds is 0. The van der Waals surface area contributed by atoms with Crippen molar-refractivity contribution in [2.24, 2.45) is 17.3 Å². The molecule has 3 fully saturated rings. The number of ether oxygens (including phenoxy) is 1. The molecule has 1 heterocycles. The Morgan fingerprint density at radius 3 is 2.56 bits per heavy atom. The summed E-state index contributed by atoms with van der Waals surface area (Å²) in [5.41, 5.74) is 0.530. The van der Waals surface area contributed by atoms with Gasteiger partial charge in [0.2, 0.25) is 0 Å². The van der Waals surface area contributed by atoms with Crippen molar-refractivity contribution in [1.82, 2.24) is 0 Å². The van der Waals surface area contributed by atoms with Crippen LogP contribution in [0.2, 0.25) is 0 Å². The van der Waals surface area contributed by atoms with Gasteiger partial charge in [-0.25, -0.2) is 0 Å². The Bertz CT molecular complexity index is 258. The van der Waals surface area contributed by atoms with Crippen LogP contribution >= 0.6 is 0 Å². The molecule has 0 spiro atoms. The molecule has 3 aliphatic rings. The van der Waals surface area contributed by atoms with Gasteiger partial charge in [0.25, 0.3) is 0 Å². The van der Waals surface area contributed by atoms with E-state index in [-0.39, 0.29) is 0 Å². The summed E-state index contributed by atoms with van der Waals surface area (Å²) in [4.78, 5) is 0. The van der Waals surface area contributed by atoms with Gasteiger partial charge in [0.1, 0.15) is 0 Å². The second-order valence-corrected chi connectivity index (χ2v) is 7.16. The fourth-order valence-electron chi connectivity index (χ4n) is 4.24. The van der Waals surface area contributed by atoms with Crippen LogP contribution in [0.25, 0.3) is 0 Å². The maximum absolute atomic E-state index is 6.43. The second-order valence-electron chi connectivity index (χ2n) is 7.16. The topological polar surface area (TPSA) is 9.23 Å². The minimum absolute atomic E-state index is 0.530. The normalized spacial score (nSPS) is 46.9. The highest BCUT2D eigenvalue weighted by molar-refractivity contribution is 4.93. The average Bonchev–Trinajstić information content (AvgIpc) is 2.25. The van der Waals surface area contributed by atoms with Gasteiger partial charge in [-0.1, -0.05) is 26.7 Å². The van der Waals surface area contributed by atoms with Gasteiger partial charge in [-0.3, -0.25) is 0 Å². The maximum atomic E-state index is 6.43. The van der Waals surface area contributed by atoms with Gasteiger partial charge < -0.3 is 4.74 Å². The van der Waals surface area contributed by atoms with Crippen LogP contribution in [-0.2, 0) is 4.74 Å². The molecule has 0 aromatic heterocycles. The Kier molecular flexibility index (Phi) is 2.78. The summed E-state index contributed by atoms with van der Waals surface area (Å²) in [6.45, 7) is 4.83. The molecule has 0 radical (unpaired) electrons. The molecule has 16 heavy (non-hydrogen) atoms. The first-order valence-corrected chi connectivity index (χ1v) is 7.29. The van der Waals surface area contributed by atoms with Crippen molar-refractivity contribution in [1.29, 1.82) is 0 Å². The molecule has 4 atom stereocenters. The van der Waals surface area contributed by atoms with E-state index in [9.17, 15) is 0 Å². The third-order valence-electron chi connectivity index (χ3n) is 5.27. The highest BCUT2D eigenvalue weighted by Crippen LogP contribution is 2.48. The molecule has 0 amide bonds. The first-order chi connectivity index (χ1) is 7.64. The van der Waals surface area contributed by atoms with Crippen LogP contribution in [0, 0.1) is 17.3 Å². The summed E-state index contributed by atoms with van der Waals surface area (Å²) < 4.78 is 6.43. The molecule has 0 bridgehead atoms. The van der Waals surface area contributed by atoms with Crippen molar-refractivity contribution in [2.75, 3.05) is 0 Å². The smallest absolute Gasteiger partial charge is 0.0612 e. The van der Waals surface area contributed by atoms with Gasteiger partial charge in [-0.05, 0) is 55.8 Å². The Hall–Kier alpha value is -0.0400. The highest BCUT2D eigenvalue weighted by atomic mass is 16.5. The van der Waals surface area contributed by atoms with Crippen molar-refractivity contribution in [3.63, 3.8) is 0 Å². The molecule has 0 aromatic carbocycles. The molecule has 1 saturated heterocycles. The zero-order valence-corrected chi connectivity index (χ0v) is 10.9. The van der Waals surface area contributed by atoms with E-state index >= 15 is 0 Å². The van der Waals surface area contributed by atoms with E-state index in [1.54, 1.807) is 0 Å². The Balaban J connectivity index is 1.69. The predicted molar refractivity (Wildman–Crippen MR) is 66.4 cm³/mol. The molecular weight excluding hydrogens is 196 g/mol. The van der Waals surface area contributed by atoms with E-state index in [2.05, 4.69) is 13.8 Å². The zero-order valence-electron chi connectivity index (χ0n) is 10.9. The molecule has 2 aliphatic carbocycles. The summed E-state index contributed by atoms with van der Waals surface area (Å²) in [5.74, 6) is 1.81. The van der Waals surface area contributed by atoms with Gasteiger partial charge in [0.05, 0.1) is 12.2 Å². The molecule has 1 heteroatoms. The molecule has 1 nitrogen and oxygen atoms in total. The first-order valence-electron chi connectivity index (χ1n) is 7.29. The minimum atomic E-state index is 0.530. The van der Waals surface area contributed by atoms with Crippen molar-refractivity contribution in [2.45, 2.75) is 77.4 Å². The monoisotopic (exact) mass is 222 g/mol. The van der Waals surface area contributed by atoms with Crippen molar-refractivity contribution < 1.29 is 4.74 Å². The lowest BCUT2D eigenvalue weighted by Crippen LogP contribution is -2.46. The fourth-order valence-corrected chi connectivity index (χ4v) is 4.24. The molecule has 4 unspecified atom stereocenters. The van der Waals surface area contributed by atoms with Gasteiger partial charge in [-0.15, -0.1) is 0 Å². The maximum Gasteiger partial charge on any atom is 0.0612 e. The van der Waals surface area contributed by atoms with Crippen molar-refractivity contribution >= 4 is 0 Å². The zero-order chi connectivity index (χ0) is 11.2. The first kappa shape index (κ1) is 11.1. The molecule has 92 valence electrons. The molecule has 3 rings (SSSR count). The van der Waals surface area contributed by atoms with Crippen molar-refractivity contribution in [3.05, 3.63) is 0 Å². The van der Waals surface area contributed by atoms with Crippen molar-refractivity contribution in [3.8, 4) is 0 Å². The van der Waals surface area contributed by atoms with E-state index in [1.165, 1.54) is 51.4 Å². The Labute approximate surface area is 99.9 Å². The summed E-state index contributed by atoms with van der Waals surface area (Å²) in [6.07, 6.45) is 12.5. The second kappa shape index (κ2) is 4.01. The average molecular weight is 222 g/mol. The quantitative estimate of drug-likeness (QED) is 0.598. The van der Waals surface area contributed by atoms with Crippen LogP contribution in [0.4, 0.5) is 0 Å². The highest BCUT2D eigenvalue weighted by Gasteiger charge is 2.43. The van der Waals surface area contributed by atoms with E-state index in [0.717, 1.165) is 11.8 Å². The Morgan fingerprint density at radius 1 is 0.938 bits per heavy atom. The van der Waals surface area contributed by atoms with Gasteiger partial charge in [-0.2, -0.15) is 0 Å². The predicted octanol–water partition coefficient (Wildman–Crippen LogP) is 4.16. The summed E-state index contributed by atoms with van der Waals surface area (Å²) in [6, 6.07) is 0. The van der Waals surface area contributed by atoms with E-state index < -0.39 is 0 Å². The molecular formula is C15H26O. The van der Waals surface area contributed by atoms with Crippen LogP contribution in [0.3, 0.4) is 0 Å². The van der Waals surface area contributed by atoms with Crippen LogP contribution in [0.15, 0.2) is 0 Å². The van der Waals surface area contributed by atoms with Gasteiger partial charge in [0, 0.05) is 0 Å². The lowest BCUT2D eigenvalue weighted by Gasteiger charge is -2.49. The third-order valence-corrected chi connectivity index (χ3v) is 5.27. The number of hydrogen-bond acceptors (Lipinski definition) is 1. The van der Waals surface area contributed by atoms with E-state index in [1.807, 2.05) is 0 Å². The summed E-state index contributed by atoms with van der Waals surface area (Å²) >= 11 is 0. The third kappa shape index (κ3) is 2.03. The van der Waals surface area contributed by atoms with Crippen LogP contribution in [0.1, 0.15) is 65.2 Å². The molecule has 0 N–H and O–H groups in total. The number of fused-ring (bicyclic) bond motifs is 2. The summed E-state index contributed by atoms with van der Waals surface area (Å²) in [7, 11) is 0. The lowest BCUT2D eigenvalue weighted by atomic mass is 9.66. The van der Waals surface area contributed by atoms with Gasteiger partial charge in [0.15, 0.2) is 0 Å². The minimum Gasteiger partial charge on any atom is -0.374 e. The van der Waals surface area contributed by atoms with Crippen LogP contribution < -0.4 is 0 Å². The van der Waals surface area contributed by atoms with Crippen LogP contribution in [-0.4, -0.2) is 12.2 Å². The fraction of sp³-hybridized carbons (Fsp3) is 1.00. The Morgan fingerprint density at radius 2 is 1.69 bits per heavy atom. The molecule has 0 aromatic rings. The molecule has 2 saturated carbocycles. The summed E-state index contributed by atoms with van der Waals surface area (Å²) in [5, 5.41) is 0. The van der Waals surface area contributed by atoms with Crippen LogP contribution in [0.5, 0.6) is 0 Å².